The van der Waals surface area contributed by atoms with Gasteiger partial charge < -0.3 is 4.74 Å². The Morgan fingerprint density at radius 3 is 3.25 bits per heavy atom. The second kappa shape index (κ2) is 4.97. The van der Waals surface area contributed by atoms with Crippen LogP contribution in [0.2, 0.25) is 0 Å². The lowest BCUT2D eigenvalue weighted by Crippen LogP contribution is -2.38. The molecule has 1 aliphatic carbocycles. The van der Waals surface area contributed by atoms with E-state index in [9.17, 15) is 4.79 Å². The SMILES string of the molecule is COC(=O)[C@H](C)NC1CCCc2sccc21. The zero-order valence-electron chi connectivity index (χ0n) is 9.66. The molecule has 0 spiro atoms. The van der Waals surface area contributed by atoms with Crippen molar-refractivity contribution in [2.24, 2.45) is 0 Å². The molecule has 0 fully saturated rings. The maximum atomic E-state index is 11.4. The largest absolute Gasteiger partial charge is 0.468 e. The Bertz CT molecular complexity index is 375. The molecule has 0 aliphatic heterocycles. The van der Waals surface area contributed by atoms with Gasteiger partial charge in [-0.3, -0.25) is 10.1 Å². The van der Waals surface area contributed by atoms with Crippen LogP contribution in [0, 0.1) is 0 Å². The number of hydrogen-bond donors (Lipinski definition) is 1. The highest BCUT2D eigenvalue weighted by atomic mass is 32.1. The predicted octanol–water partition coefficient (Wildman–Crippen LogP) is 2.28. The van der Waals surface area contributed by atoms with Crippen LogP contribution >= 0.6 is 11.3 Å². The van der Waals surface area contributed by atoms with Crippen LogP contribution < -0.4 is 5.32 Å². The average Bonchev–Trinajstić information content (AvgIpc) is 2.77. The first-order chi connectivity index (χ1) is 7.72. The van der Waals surface area contributed by atoms with Gasteiger partial charge in [0.1, 0.15) is 6.04 Å². The Morgan fingerprint density at radius 2 is 2.50 bits per heavy atom. The Kier molecular flexibility index (Phi) is 3.61. The number of hydrogen-bond acceptors (Lipinski definition) is 4. The summed E-state index contributed by atoms with van der Waals surface area (Å²) in [5, 5.41) is 5.48. The lowest BCUT2D eigenvalue weighted by Gasteiger charge is -2.26. The fraction of sp³-hybridized carbons (Fsp3) is 0.583. The highest BCUT2D eigenvalue weighted by molar-refractivity contribution is 7.10. The molecule has 0 aromatic carbocycles. The zero-order chi connectivity index (χ0) is 11.5. The fourth-order valence-electron chi connectivity index (χ4n) is 2.21. The minimum atomic E-state index is -0.235. The molecule has 1 aromatic heterocycles. The van der Waals surface area contributed by atoms with Gasteiger partial charge in [-0.25, -0.2) is 0 Å². The summed E-state index contributed by atoms with van der Waals surface area (Å²) in [6, 6.07) is 2.24. The summed E-state index contributed by atoms with van der Waals surface area (Å²) in [5.74, 6) is -0.192. The minimum absolute atomic E-state index is 0.192. The Balaban J connectivity index is 2.05. The van der Waals surface area contributed by atoms with Gasteiger partial charge in [-0.1, -0.05) is 0 Å². The molecule has 16 heavy (non-hydrogen) atoms. The van der Waals surface area contributed by atoms with Crippen molar-refractivity contribution in [3.63, 3.8) is 0 Å². The van der Waals surface area contributed by atoms with Crippen LogP contribution in [0.1, 0.15) is 36.2 Å². The highest BCUT2D eigenvalue weighted by Crippen LogP contribution is 2.33. The molecular formula is C12H17NO2S. The molecular weight excluding hydrogens is 222 g/mol. The summed E-state index contributed by atoms with van der Waals surface area (Å²) < 4.78 is 4.72. The molecule has 1 heterocycles. The Hall–Kier alpha value is -0.870. The minimum Gasteiger partial charge on any atom is -0.468 e. The maximum absolute atomic E-state index is 11.4. The van der Waals surface area contributed by atoms with Gasteiger partial charge in [-0.05, 0) is 43.2 Å². The molecule has 0 radical (unpaired) electrons. The molecule has 0 amide bonds. The molecule has 2 atom stereocenters. The number of thiophene rings is 1. The number of carbonyl (C=O) groups excluding carboxylic acids is 1. The molecule has 2 rings (SSSR count). The average molecular weight is 239 g/mol. The van der Waals surface area contributed by atoms with Crippen LogP contribution in [0.25, 0.3) is 0 Å². The van der Waals surface area contributed by atoms with E-state index in [2.05, 4.69) is 16.8 Å². The molecule has 88 valence electrons. The van der Waals surface area contributed by atoms with E-state index in [4.69, 9.17) is 4.74 Å². The van der Waals surface area contributed by atoms with Crippen molar-refractivity contribution in [1.29, 1.82) is 0 Å². The summed E-state index contributed by atoms with van der Waals surface area (Å²) in [6.45, 7) is 1.85. The fourth-order valence-corrected chi connectivity index (χ4v) is 3.19. The van der Waals surface area contributed by atoms with Crippen LogP contribution in [0.5, 0.6) is 0 Å². The molecule has 1 N–H and O–H groups in total. The van der Waals surface area contributed by atoms with E-state index in [0.29, 0.717) is 6.04 Å². The number of nitrogens with one attached hydrogen (secondary N) is 1. The van der Waals surface area contributed by atoms with Gasteiger partial charge in [0, 0.05) is 10.9 Å². The number of methoxy groups -OCH3 is 1. The summed E-state index contributed by atoms with van der Waals surface area (Å²) in [7, 11) is 1.43. The number of aryl methyl sites for hydroxylation is 1. The summed E-state index contributed by atoms with van der Waals surface area (Å²) >= 11 is 1.81. The first-order valence-corrected chi connectivity index (χ1v) is 6.50. The van der Waals surface area contributed by atoms with Crippen LogP contribution in [-0.4, -0.2) is 19.1 Å². The molecule has 4 heteroatoms. The molecule has 1 aliphatic rings. The standard InChI is InChI=1S/C12H17NO2S/c1-8(12(14)15-2)13-10-4-3-5-11-9(10)6-7-16-11/h6-8,10,13H,3-5H2,1-2H3/t8-,10?/m0/s1. The number of esters is 1. The van der Waals surface area contributed by atoms with Crippen LogP contribution in [0.4, 0.5) is 0 Å². The lowest BCUT2D eigenvalue weighted by molar-refractivity contribution is -0.142. The number of fused-ring (bicyclic) bond motifs is 1. The predicted molar refractivity (Wildman–Crippen MR) is 64.6 cm³/mol. The van der Waals surface area contributed by atoms with Crippen LogP contribution in [0.3, 0.4) is 0 Å². The molecule has 1 aromatic rings. The second-order valence-corrected chi connectivity index (χ2v) is 5.16. The van der Waals surface area contributed by atoms with E-state index >= 15 is 0 Å². The molecule has 0 bridgehead atoms. The first kappa shape index (κ1) is 11.6. The van der Waals surface area contributed by atoms with E-state index in [0.717, 1.165) is 6.42 Å². The van der Waals surface area contributed by atoms with Gasteiger partial charge in [0.15, 0.2) is 0 Å². The number of carbonyl (C=O) groups is 1. The van der Waals surface area contributed by atoms with Crippen molar-refractivity contribution in [1.82, 2.24) is 5.32 Å². The quantitative estimate of drug-likeness (QED) is 0.822. The van der Waals surface area contributed by atoms with Crippen molar-refractivity contribution >= 4 is 17.3 Å². The third-order valence-electron chi connectivity index (χ3n) is 3.06. The topological polar surface area (TPSA) is 38.3 Å². The van der Waals surface area contributed by atoms with E-state index in [1.165, 1.54) is 30.4 Å². The number of ether oxygens (including phenoxy) is 1. The maximum Gasteiger partial charge on any atom is 0.322 e. The van der Waals surface area contributed by atoms with Gasteiger partial charge in [0.25, 0.3) is 0 Å². The van der Waals surface area contributed by atoms with E-state index in [1.807, 2.05) is 18.3 Å². The van der Waals surface area contributed by atoms with E-state index < -0.39 is 0 Å². The van der Waals surface area contributed by atoms with Crippen LogP contribution in [-0.2, 0) is 16.0 Å². The van der Waals surface area contributed by atoms with Crippen LogP contribution in [0.15, 0.2) is 11.4 Å². The van der Waals surface area contributed by atoms with Gasteiger partial charge in [0.05, 0.1) is 7.11 Å². The van der Waals surface area contributed by atoms with Gasteiger partial charge >= 0.3 is 5.97 Å². The van der Waals surface area contributed by atoms with Crippen molar-refractivity contribution < 1.29 is 9.53 Å². The van der Waals surface area contributed by atoms with E-state index in [-0.39, 0.29) is 12.0 Å². The third-order valence-corrected chi connectivity index (χ3v) is 4.05. The smallest absolute Gasteiger partial charge is 0.322 e. The van der Waals surface area contributed by atoms with Gasteiger partial charge in [-0.2, -0.15) is 0 Å². The monoisotopic (exact) mass is 239 g/mol. The summed E-state index contributed by atoms with van der Waals surface area (Å²) in [5.41, 5.74) is 1.37. The van der Waals surface area contributed by atoms with Crippen molar-refractivity contribution in [3.05, 3.63) is 21.9 Å². The molecule has 3 nitrogen and oxygen atoms in total. The lowest BCUT2D eigenvalue weighted by atomic mass is 9.93. The normalized spacial score (nSPS) is 21.2. The molecule has 1 unspecified atom stereocenters. The van der Waals surface area contributed by atoms with Crippen molar-refractivity contribution in [2.45, 2.75) is 38.3 Å². The van der Waals surface area contributed by atoms with Crippen molar-refractivity contribution in [3.8, 4) is 0 Å². The zero-order valence-corrected chi connectivity index (χ0v) is 10.5. The highest BCUT2D eigenvalue weighted by Gasteiger charge is 2.24. The Labute approximate surface area is 99.8 Å². The van der Waals surface area contributed by atoms with E-state index in [1.54, 1.807) is 0 Å². The summed E-state index contributed by atoms with van der Waals surface area (Å²) in [6.07, 6.45) is 3.47. The molecule has 0 saturated heterocycles. The molecule has 0 saturated carbocycles. The first-order valence-electron chi connectivity index (χ1n) is 5.62. The van der Waals surface area contributed by atoms with Gasteiger partial charge in [-0.15, -0.1) is 11.3 Å². The number of rotatable bonds is 3. The van der Waals surface area contributed by atoms with Gasteiger partial charge in [0.2, 0.25) is 0 Å². The Morgan fingerprint density at radius 1 is 1.69 bits per heavy atom. The summed E-state index contributed by atoms with van der Waals surface area (Å²) in [4.78, 5) is 12.8. The second-order valence-electron chi connectivity index (χ2n) is 4.16. The van der Waals surface area contributed by atoms with Crippen molar-refractivity contribution in [2.75, 3.05) is 7.11 Å². The third kappa shape index (κ3) is 2.28.